The molecule has 0 radical (unpaired) electrons. The molecule has 0 saturated carbocycles. The van der Waals surface area contributed by atoms with Gasteiger partial charge in [-0.25, -0.2) is 9.13 Å². The molecule has 92 valence electrons. The number of phenols is 1. The van der Waals surface area contributed by atoms with Crippen molar-refractivity contribution in [1.82, 2.24) is 2.88 Å². The first-order valence-corrected chi connectivity index (χ1v) is 6.61. The average Bonchev–Trinajstić information content (AvgIpc) is 2.26. The molecule has 17 heavy (non-hydrogen) atoms. The van der Waals surface area contributed by atoms with Gasteiger partial charge in [0.2, 0.25) is 0 Å². The fraction of sp³-hybridized carbons (Fsp3) is 0.222. The SMILES string of the molecule is O=C(O)C(Cc1ccc(O)cc1)N(I)P(=O)=O. The normalized spacial score (nSPS) is 12.4. The Bertz CT molecular complexity index is 465. The first-order valence-electron chi connectivity index (χ1n) is 4.52. The molecule has 0 saturated heterocycles. The molecule has 0 aromatic heterocycles. The van der Waals surface area contributed by atoms with Crippen LogP contribution in [0.4, 0.5) is 0 Å². The van der Waals surface area contributed by atoms with Gasteiger partial charge in [-0.1, -0.05) is 12.1 Å². The molecule has 1 rings (SSSR count). The summed E-state index contributed by atoms with van der Waals surface area (Å²) in [5.41, 5.74) is 0.633. The van der Waals surface area contributed by atoms with Crippen molar-refractivity contribution in [3.63, 3.8) is 0 Å². The molecule has 1 atom stereocenters. The van der Waals surface area contributed by atoms with Crippen LogP contribution in [0.15, 0.2) is 24.3 Å². The van der Waals surface area contributed by atoms with Crippen LogP contribution >= 0.6 is 30.7 Å². The summed E-state index contributed by atoms with van der Waals surface area (Å²) in [6, 6.07) is 4.79. The summed E-state index contributed by atoms with van der Waals surface area (Å²) in [7, 11) is -2.95. The molecule has 0 aliphatic heterocycles. The topological polar surface area (TPSA) is 94.9 Å². The monoisotopic (exact) mass is 369 g/mol. The van der Waals surface area contributed by atoms with Crippen LogP contribution in [0.5, 0.6) is 5.75 Å². The van der Waals surface area contributed by atoms with Crippen LogP contribution in [0.1, 0.15) is 5.56 Å². The average molecular weight is 369 g/mol. The van der Waals surface area contributed by atoms with Crippen molar-refractivity contribution < 1.29 is 24.1 Å². The molecule has 0 aliphatic carbocycles. The zero-order valence-corrected chi connectivity index (χ0v) is 11.5. The molecule has 1 unspecified atom stereocenters. The van der Waals surface area contributed by atoms with E-state index in [1.807, 2.05) is 0 Å². The van der Waals surface area contributed by atoms with Gasteiger partial charge in [-0.15, -0.1) is 2.88 Å². The van der Waals surface area contributed by atoms with Crippen LogP contribution < -0.4 is 0 Å². The van der Waals surface area contributed by atoms with E-state index in [4.69, 9.17) is 10.2 Å². The highest BCUT2D eigenvalue weighted by Gasteiger charge is 2.27. The maximum absolute atomic E-state index is 11.0. The van der Waals surface area contributed by atoms with Crippen molar-refractivity contribution in [3.05, 3.63) is 29.8 Å². The van der Waals surface area contributed by atoms with E-state index in [0.717, 1.165) is 2.88 Å². The molecule has 2 N–H and O–H groups in total. The Labute approximate surface area is 112 Å². The molecule has 0 aliphatic rings. The fourth-order valence-corrected chi connectivity index (χ4v) is 2.07. The zero-order chi connectivity index (χ0) is 13.0. The summed E-state index contributed by atoms with van der Waals surface area (Å²) in [6.45, 7) is 0. The lowest BCUT2D eigenvalue weighted by Gasteiger charge is -2.15. The van der Waals surface area contributed by atoms with E-state index in [2.05, 4.69) is 0 Å². The maximum Gasteiger partial charge on any atom is 0.408 e. The lowest BCUT2D eigenvalue weighted by Crippen LogP contribution is -2.31. The Balaban J connectivity index is 2.87. The molecule has 0 amide bonds. The van der Waals surface area contributed by atoms with E-state index in [1.54, 1.807) is 12.1 Å². The number of carboxylic acid groups (broad SMARTS) is 1. The minimum Gasteiger partial charge on any atom is -0.508 e. The molecule has 1 aromatic rings. The van der Waals surface area contributed by atoms with Gasteiger partial charge in [0.05, 0.1) is 0 Å². The number of phenolic OH excluding ortho intramolecular Hbond substituents is 1. The second-order valence-corrected chi connectivity index (χ2v) is 5.96. The fourth-order valence-electron chi connectivity index (χ4n) is 1.22. The van der Waals surface area contributed by atoms with Crippen molar-refractivity contribution in [2.45, 2.75) is 12.5 Å². The van der Waals surface area contributed by atoms with Crippen LogP contribution in [0.3, 0.4) is 0 Å². The van der Waals surface area contributed by atoms with Gasteiger partial charge in [0, 0.05) is 29.3 Å². The van der Waals surface area contributed by atoms with Crippen LogP contribution in [-0.4, -0.2) is 25.1 Å². The van der Waals surface area contributed by atoms with Crippen molar-refractivity contribution >= 4 is 36.7 Å². The number of hydrogen-bond acceptors (Lipinski definition) is 4. The van der Waals surface area contributed by atoms with E-state index in [1.165, 1.54) is 35.0 Å². The molecule has 0 heterocycles. The van der Waals surface area contributed by atoms with Crippen LogP contribution in [0.25, 0.3) is 0 Å². The summed E-state index contributed by atoms with van der Waals surface area (Å²) in [6.07, 6.45) is 0.0435. The van der Waals surface area contributed by atoms with Gasteiger partial charge in [0.1, 0.15) is 11.8 Å². The second-order valence-electron chi connectivity index (χ2n) is 3.25. The predicted molar refractivity (Wildman–Crippen MR) is 67.4 cm³/mol. The number of aromatic hydroxyl groups is 1. The van der Waals surface area contributed by atoms with Crippen molar-refractivity contribution in [1.29, 1.82) is 0 Å². The molecule has 0 fully saturated rings. The zero-order valence-electron chi connectivity index (χ0n) is 8.49. The summed E-state index contributed by atoms with van der Waals surface area (Å²) < 4.78 is 22.2. The Hall–Kier alpha value is -0.920. The van der Waals surface area contributed by atoms with Crippen molar-refractivity contribution in [3.8, 4) is 5.75 Å². The highest BCUT2D eigenvalue weighted by Crippen LogP contribution is 2.26. The number of rotatable bonds is 5. The summed E-state index contributed by atoms with van der Waals surface area (Å²) >= 11 is 1.45. The number of halogens is 1. The Morgan fingerprint density at radius 3 is 2.29 bits per heavy atom. The molecular weight excluding hydrogens is 360 g/mol. The first-order chi connectivity index (χ1) is 7.91. The lowest BCUT2D eigenvalue weighted by atomic mass is 10.1. The number of carbonyl (C=O) groups is 1. The molecule has 6 nitrogen and oxygen atoms in total. The third kappa shape index (κ3) is 4.10. The maximum atomic E-state index is 11.0. The van der Waals surface area contributed by atoms with E-state index in [-0.39, 0.29) is 12.2 Å². The molecule has 1 aromatic carbocycles. The van der Waals surface area contributed by atoms with E-state index < -0.39 is 19.8 Å². The Morgan fingerprint density at radius 2 is 1.88 bits per heavy atom. The number of hydrogen-bond donors (Lipinski definition) is 2. The highest BCUT2D eigenvalue weighted by atomic mass is 127. The predicted octanol–water partition coefficient (Wildman–Crippen LogP) is 2.13. The smallest absolute Gasteiger partial charge is 0.408 e. The summed E-state index contributed by atoms with van der Waals surface area (Å²) in [5, 5.41) is 18.0. The lowest BCUT2D eigenvalue weighted by molar-refractivity contribution is -0.140. The quantitative estimate of drug-likeness (QED) is 0.469. The second kappa shape index (κ2) is 6.13. The largest absolute Gasteiger partial charge is 0.508 e. The molecular formula is C9H9INO5P. The van der Waals surface area contributed by atoms with Gasteiger partial charge in [-0.05, 0) is 17.7 Å². The van der Waals surface area contributed by atoms with Crippen molar-refractivity contribution in [2.24, 2.45) is 0 Å². The minimum absolute atomic E-state index is 0.0435. The number of benzene rings is 1. The molecule has 8 heteroatoms. The minimum atomic E-state index is -2.95. The van der Waals surface area contributed by atoms with Crippen LogP contribution in [-0.2, 0) is 20.3 Å². The highest BCUT2D eigenvalue weighted by molar-refractivity contribution is 14.1. The third-order valence-electron chi connectivity index (χ3n) is 2.06. The molecule has 0 spiro atoms. The van der Waals surface area contributed by atoms with E-state index in [9.17, 15) is 13.9 Å². The van der Waals surface area contributed by atoms with Gasteiger partial charge in [-0.2, -0.15) is 0 Å². The van der Waals surface area contributed by atoms with E-state index in [0.29, 0.717) is 5.56 Å². The summed E-state index contributed by atoms with van der Waals surface area (Å²) in [5.74, 6) is -1.14. The van der Waals surface area contributed by atoms with Gasteiger partial charge in [0.15, 0.2) is 0 Å². The first kappa shape index (κ1) is 14.1. The molecule has 0 bridgehead atoms. The Kier molecular flexibility index (Phi) is 5.10. The van der Waals surface area contributed by atoms with E-state index >= 15 is 0 Å². The van der Waals surface area contributed by atoms with Gasteiger partial charge < -0.3 is 10.2 Å². The van der Waals surface area contributed by atoms with Crippen LogP contribution in [0.2, 0.25) is 0 Å². The number of nitrogens with zero attached hydrogens (tertiary/aromatic N) is 1. The van der Waals surface area contributed by atoms with Gasteiger partial charge >= 0.3 is 13.8 Å². The van der Waals surface area contributed by atoms with Gasteiger partial charge in [0.25, 0.3) is 0 Å². The van der Waals surface area contributed by atoms with Crippen LogP contribution in [0, 0.1) is 0 Å². The van der Waals surface area contributed by atoms with Gasteiger partial charge in [-0.3, -0.25) is 4.79 Å². The third-order valence-corrected chi connectivity index (χ3v) is 4.38. The summed E-state index contributed by atoms with van der Waals surface area (Å²) in [4.78, 5) is 11.0. The number of carboxylic acids is 1. The standard InChI is InChI=1S/C9H9INO5P/c10-11(17(15)16)8(9(13)14)5-6-1-3-7(12)4-2-6/h1-4,8,12H,5H2,(H,13,14). The number of aliphatic carboxylic acids is 1. The Morgan fingerprint density at radius 1 is 1.35 bits per heavy atom. The van der Waals surface area contributed by atoms with Crippen molar-refractivity contribution in [2.75, 3.05) is 0 Å².